The molecule has 4 heteroatoms. The van der Waals surface area contributed by atoms with Gasteiger partial charge in [0.25, 0.3) is 0 Å². The lowest BCUT2D eigenvalue weighted by Crippen LogP contribution is -2.45. The quantitative estimate of drug-likeness (QED) is 0.681. The predicted octanol–water partition coefficient (Wildman–Crippen LogP) is 3.06. The predicted molar refractivity (Wildman–Crippen MR) is 53.2 cm³/mol. The zero-order valence-corrected chi connectivity index (χ0v) is 8.65. The van der Waals surface area contributed by atoms with Crippen LogP contribution in [0.1, 0.15) is 17.9 Å². The number of benzene rings is 1. The van der Waals surface area contributed by atoms with Crippen LogP contribution < -0.4 is 0 Å². The van der Waals surface area contributed by atoms with Gasteiger partial charge >= 0.3 is 0 Å². The summed E-state index contributed by atoms with van der Waals surface area (Å²) >= 11 is 11.6. The molecule has 0 bridgehead atoms. The first-order chi connectivity index (χ1) is 6.53. The van der Waals surface area contributed by atoms with E-state index in [1.54, 1.807) is 18.2 Å². The molecule has 1 unspecified atom stereocenters. The van der Waals surface area contributed by atoms with Crippen LogP contribution in [0.15, 0.2) is 24.3 Å². The largest absolute Gasteiger partial charge is 0.296 e. The molecule has 1 aliphatic carbocycles. The van der Waals surface area contributed by atoms with Crippen molar-refractivity contribution in [1.82, 2.24) is 0 Å². The maximum atomic E-state index is 13.3. The van der Waals surface area contributed by atoms with Crippen molar-refractivity contribution >= 4 is 29.0 Å². The van der Waals surface area contributed by atoms with E-state index in [4.69, 9.17) is 23.2 Å². The van der Waals surface area contributed by atoms with Crippen molar-refractivity contribution in [1.29, 1.82) is 0 Å². The first kappa shape index (κ1) is 9.94. The molecule has 1 fully saturated rings. The van der Waals surface area contributed by atoms with Crippen LogP contribution in [0.3, 0.4) is 0 Å². The van der Waals surface area contributed by atoms with Crippen LogP contribution in [0.2, 0.25) is 0 Å². The molecule has 1 nitrogen and oxygen atoms in total. The molecular formula is C10H7Cl2FO. The van der Waals surface area contributed by atoms with E-state index in [1.807, 2.05) is 0 Å². The van der Waals surface area contributed by atoms with E-state index in [0.29, 0.717) is 5.56 Å². The summed E-state index contributed by atoms with van der Waals surface area (Å²) in [6.07, 6.45) is 0.216. The zero-order valence-electron chi connectivity index (χ0n) is 7.14. The Hall–Kier alpha value is -0.600. The lowest BCUT2D eigenvalue weighted by molar-refractivity contribution is -0.125. The van der Waals surface area contributed by atoms with Crippen molar-refractivity contribution in [3.05, 3.63) is 35.6 Å². The molecule has 0 aliphatic heterocycles. The van der Waals surface area contributed by atoms with Crippen molar-refractivity contribution in [2.24, 2.45) is 0 Å². The van der Waals surface area contributed by atoms with E-state index in [2.05, 4.69) is 0 Å². The highest BCUT2D eigenvalue weighted by atomic mass is 35.5. The van der Waals surface area contributed by atoms with Gasteiger partial charge in [-0.2, -0.15) is 0 Å². The molecule has 0 radical (unpaired) electrons. The van der Waals surface area contributed by atoms with Crippen LogP contribution in [0, 0.1) is 5.82 Å². The molecule has 14 heavy (non-hydrogen) atoms. The Morgan fingerprint density at radius 1 is 1.36 bits per heavy atom. The summed E-state index contributed by atoms with van der Waals surface area (Å²) < 4.78 is 11.9. The van der Waals surface area contributed by atoms with Crippen molar-refractivity contribution < 1.29 is 9.18 Å². The average molecular weight is 233 g/mol. The molecule has 0 heterocycles. The minimum absolute atomic E-state index is 0.216. The van der Waals surface area contributed by atoms with Crippen LogP contribution in [-0.4, -0.2) is 10.1 Å². The normalized spacial score (nSPS) is 24.5. The fraction of sp³-hybridized carbons (Fsp3) is 0.300. The van der Waals surface area contributed by atoms with Gasteiger partial charge in [0.15, 0.2) is 10.1 Å². The zero-order chi connectivity index (χ0) is 10.3. The number of rotatable bonds is 1. The van der Waals surface area contributed by atoms with Gasteiger partial charge in [-0.15, -0.1) is 0 Å². The van der Waals surface area contributed by atoms with Gasteiger partial charge < -0.3 is 0 Å². The Kier molecular flexibility index (Phi) is 2.28. The van der Waals surface area contributed by atoms with Gasteiger partial charge in [-0.25, -0.2) is 4.39 Å². The van der Waals surface area contributed by atoms with Crippen LogP contribution in [0.5, 0.6) is 0 Å². The van der Waals surface area contributed by atoms with E-state index >= 15 is 0 Å². The molecule has 0 amide bonds. The van der Waals surface area contributed by atoms with E-state index in [-0.39, 0.29) is 18.0 Å². The van der Waals surface area contributed by atoms with Crippen LogP contribution in [0.25, 0.3) is 0 Å². The second kappa shape index (κ2) is 3.21. The number of halogens is 3. The summed E-state index contributed by atoms with van der Waals surface area (Å²) in [6.45, 7) is 0. The van der Waals surface area contributed by atoms with Gasteiger partial charge in [0.05, 0.1) is 0 Å². The van der Waals surface area contributed by atoms with Crippen molar-refractivity contribution in [3.8, 4) is 0 Å². The van der Waals surface area contributed by atoms with Gasteiger partial charge in [0.2, 0.25) is 0 Å². The smallest absolute Gasteiger partial charge is 0.183 e. The highest BCUT2D eigenvalue weighted by molar-refractivity contribution is 6.61. The van der Waals surface area contributed by atoms with Crippen molar-refractivity contribution in [2.75, 3.05) is 0 Å². The molecule has 0 N–H and O–H groups in total. The summed E-state index contributed by atoms with van der Waals surface area (Å²) in [5, 5.41) is 0. The van der Waals surface area contributed by atoms with Gasteiger partial charge in [-0.1, -0.05) is 41.4 Å². The molecule has 0 saturated heterocycles. The Morgan fingerprint density at radius 2 is 2.00 bits per heavy atom. The lowest BCUT2D eigenvalue weighted by atomic mass is 9.77. The Balaban J connectivity index is 2.35. The second-order valence-electron chi connectivity index (χ2n) is 3.32. The van der Waals surface area contributed by atoms with Crippen molar-refractivity contribution in [3.63, 3.8) is 0 Å². The number of hydrogen-bond acceptors (Lipinski definition) is 1. The summed E-state index contributed by atoms with van der Waals surface area (Å²) in [6, 6.07) is 6.22. The van der Waals surface area contributed by atoms with E-state index in [9.17, 15) is 9.18 Å². The van der Waals surface area contributed by atoms with E-state index < -0.39 is 10.3 Å². The van der Waals surface area contributed by atoms with Crippen LogP contribution >= 0.6 is 23.2 Å². The molecule has 1 atom stereocenters. The van der Waals surface area contributed by atoms with Gasteiger partial charge in [-0.3, -0.25) is 4.79 Å². The molecule has 1 aromatic carbocycles. The monoisotopic (exact) mass is 232 g/mol. The lowest BCUT2D eigenvalue weighted by Gasteiger charge is -2.38. The number of ketones is 1. The molecular weight excluding hydrogens is 226 g/mol. The van der Waals surface area contributed by atoms with Gasteiger partial charge in [0, 0.05) is 12.3 Å². The number of hydrogen-bond donors (Lipinski definition) is 0. The molecule has 0 spiro atoms. The maximum absolute atomic E-state index is 13.3. The number of Topliss-reactive ketones (excluding diaryl/α,β-unsaturated/α-hetero) is 1. The SMILES string of the molecule is O=C1CC(c2ccccc2F)C1(Cl)Cl. The summed E-state index contributed by atoms with van der Waals surface area (Å²) in [4.78, 5) is 11.1. The Morgan fingerprint density at radius 3 is 2.50 bits per heavy atom. The third-order valence-corrected chi connectivity index (χ3v) is 3.43. The number of carbonyl (C=O) groups excluding carboxylic acids is 1. The van der Waals surface area contributed by atoms with Gasteiger partial charge in [0.1, 0.15) is 5.82 Å². The summed E-state index contributed by atoms with van der Waals surface area (Å²) in [5.74, 6) is -1.02. The highest BCUT2D eigenvalue weighted by Crippen LogP contribution is 2.51. The van der Waals surface area contributed by atoms with E-state index in [1.165, 1.54) is 6.07 Å². The fourth-order valence-corrected chi connectivity index (χ4v) is 2.12. The van der Waals surface area contributed by atoms with Crippen molar-refractivity contribution in [2.45, 2.75) is 16.7 Å². The van der Waals surface area contributed by atoms with Gasteiger partial charge in [-0.05, 0) is 11.6 Å². The number of alkyl halides is 2. The second-order valence-corrected chi connectivity index (χ2v) is 4.71. The molecule has 1 aliphatic rings. The Bertz CT molecular complexity index is 389. The first-order valence-corrected chi connectivity index (χ1v) is 4.94. The molecule has 1 aromatic rings. The van der Waals surface area contributed by atoms with Crippen LogP contribution in [-0.2, 0) is 4.79 Å². The van der Waals surface area contributed by atoms with Crippen LogP contribution in [0.4, 0.5) is 4.39 Å². The summed E-state index contributed by atoms with van der Waals surface area (Å²) in [7, 11) is 0. The van der Waals surface area contributed by atoms with E-state index in [0.717, 1.165) is 0 Å². The third kappa shape index (κ3) is 1.33. The summed E-state index contributed by atoms with van der Waals surface area (Å²) in [5.41, 5.74) is 0.414. The average Bonchev–Trinajstić information content (AvgIpc) is 2.16. The molecule has 0 aromatic heterocycles. The molecule has 2 rings (SSSR count). The fourth-order valence-electron chi connectivity index (χ4n) is 1.58. The number of carbonyl (C=O) groups is 1. The minimum Gasteiger partial charge on any atom is -0.296 e. The topological polar surface area (TPSA) is 17.1 Å². The first-order valence-electron chi connectivity index (χ1n) is 4.19. The Labute approximate surface area is 90.8 Å². The maximum Gasteiger partial charge on any atom is 0.183 e. The highest BCUT2D eigenvalue weighted by Gasteiger charge is 2.53. The molecule has 74 valence electrons. The standard InChI is InChI=1S/C10H7Cl2FO/c11-10(12)7(5-9(10)14)6-3-1-2-4-8(6)13/h1-4,7H,5H2. The molecule has 1 saturated carbocycles. The minimum atomic E-state index is -1.44. The third-order valence-electron chi connectivity index (χ3n) is 2.48.